The number of Topliss-reactive ketones (excluding diaryl/α,β-unsaturated/α-hetero) is 1. The van der Waals surface area contributed by atoms with Crippen LogP contribution in [0.5, 0.6) is 11.5 Å². The molecule has 3 rings (SSSR count). The van der Waals surface area contributed by atoms with E-state index < -0.39 is 17.9 Å². The summed E-state index contributed by atoms with van der Waals surface area (Å²) in [5.41, 5.74) is 1.29. The molecule has 2 aromatic carbocycles. The van der Waals surface area contributed by atoms with Crippen molar-refractivity contribution < 1.29 is 28.6 Å². The molecule has 0 aliphatic carbocycles. The summed E-state index contributed by atoms with van der Waals surface area (Å²) in [5, 5.41) is 8.97. The lowest BCUT2D eigenvalue weighted by atomic mass is 10.0. The molecule has 0 amide bonds. The summed E-state index contributed by atoms with van der Waals surface area (Å²) in [5.74, 6) is -1.38. The number of carboxylic acid groups (broad SMARTS) is 1. The predicted octanol–water partition coefficient (Wildman–Crippen LogP) is 2.36. The molecule has 1 aliphatic rings. The Morgan fingerprint density at radius 2 is 2.13 bits per heavy atom. The first-order valence-electron chi connectivity index (χ1n) is 6.95. The van der Waals surface area contributed by atoms with Crippen LogP contribution in [-0.4, -0.2) is 23.0 Å². The minimum atomic E-state index is -1.49. The summed E-state index contributed by atoms with van der Waals surface area (Å²) >= 11 is 0. The lowest BCUT2D eigenvalue weighted by Gasteiger charge is -2.22. The Morgan fingerprint density at radius 3 is 2.87 bits per heavy atom. The summed E-state index contributed by atoms with van der Waals surface area (Å²) < 4.78 is 23.9. The van der Waals surface area contributed by atoms with Gasteiger partial charge in [-0.1, -0.05) is 18.2 Å². The largest absolute Gasteiger partial charge is 0.489 e. The van der Waals surface area contributed by atoms with Gasteiger partial charge in [0, 0.05) is 18.1 Å². The molecule has 1 atom stereocenters. The highest BCUT2D eigenvalue weighted by molar-refractivity contribution is 6.03. The number of carbonyl (C=O) groups excluding carboxylic acids is 1. The highest BCUT2D eigenvalue weighted by Gasteiger charge is 2.33. The van der Waals surface area contributed by atoms with Gasteiger partial charge in [0.2, 0.25) is 0 Å². The zero-order chi connectivity index (χ0) is 16.4. The maximum atomic E-state index is 13.1. The smallest absolute Gasteiger partial charge is 0.352 e. The molecule has 6 heteroatoms. The second kappa shape index (κ2) is 6.08. The van der Waals surface area contributed by atoms with Crippen LogP contribution in [-0.2, 0) is 22.6 Å². The molecular weight excluding hydrogens is 303 g/mol. The molecular formula is C17H13FO5. The second-order valence-electron chi connectivity index (χ2n) is 5.17. The number of hydrogen-bond donors (Lipinski definition) is 1. The number of aliphatic carboxylic acids is 1. The van der Waals surface area contributed by atoms with E-state index in [2.05, 4.69) is 0 Å². The molecule has 0 spiro atoms. The van der Waals surface area contributed by atoms with E-state index in [0.717, 1.165) is 0 Å². The van der Waals surface area contributed by atoms with Crippen molar-refractivity contribution in [1.82, 2.24) is 0 Å². The monoisotopic (exact) mass is 316 g/mol. The first-order chi connectivity index (χ1) is 11.0. The molecule has 2 aromatic rings. The van der Waals surface area contributed by atoms with Gasteiger partial charge in [0.05, 0.1) is 0 Å². The van der Waals surface area contributed by atoms with Crippen molar-refractivity contribution >= 4 is 11.8 Å². The highest BCUT2D eigenvalue weighted by Crippen LogP contribution is 2.30. The molecule has 0 aromatic heterocycles. The molecule has 118 valence electrons. The number of ketones is 1. The van der Waals surface area contributed by atoms with Crippen LogP contribution in [0.15, 0.2) is 42.5 Å². The number of rotatable bonds is 4. The Morgan fingerprint density at radius 1 is 1.30 bits per heavy atom. The number of fused-ring (bicyclic) bond motifs is 1. The minimum Gasteiger partial charge on any atom is -0.489 e. The van der Waals surface area contributed by atoms with Crippen molar-refractivity contribution in [3.05, 3.63) is 59.4 Å². The van der Waals surface area contributed by atoms with Crippen molar-refractivity contribution in [3.63, 3.8) is 0 Å². The van der Waals surface area contributed by atoms with Crippen LogP contribution in [0.25, 0.3) is 0 Å². The number of halogens is 1. The average Bonchev–Trinajstić information content (AvgIpc) is 2.52. The van der Waals surface area contributed by atoms with Gasteiger partial charge in [0.25, 0.3) is 6.10 Å². The normalized spacial score (nSPS) is 16.4. The fourth-order valence-corrected chi connectivity index (χ4v) is 2.34. The quantitative estimate of drug-likeness (QED) is 0.877. The van der Waals surface area contributed by atoms with Gasteiger partial charge in [-0.2, -0.15) is 0 Å². The van der Waals surface area contributed by atoms with E-state index in [0.29, 0.717) is 22.6 Å². The Labute approximate surface area is 131 Å². The van der Waals surface area contributed by atoms with Gasteiger partial charge in [-0.25, -0.2) is 9.18 Å². The van der Waals surface area contributed by atoms with Crippen molar-refractivity contribution in [2.75, 3.05) is 0 Å². The van der Waals surface area contributed by atoms with Crippen molar-refractivity contribution in [2.24, 2.45) is 0 Å². The number of benzene rings is 2. The number of carboxylic acids is 1. The summed E-state index contributed by atoms with van der Waals surface area (Å²) in [6.45, 7) is 0.165. The third-order valence-electron chi connectivity index (χ3n) is 3.46. The molecule has 1 N–H and O–H groups in total. The third kappa shape index (κ3) is 3.31. The van der Waals surface area contributed by atoms with Crippen molar-refractivity contribution in [2.45, 2.75) is 19.1 Å². The number of ether oxygens (including phenoxy) is 2. The Hall–Kier alpha value is -2.89. The molecule has 1 heterocycles. The molecule has 23 heavy (non-hydrogen) atoms. The standard InChI is InChI=1S/C17H13FO5/c18-12-3-1-2-10(6-12)9-22-13-5-4-11-7-14(19)16(17(20)21)23-15(11)8-13/h1-6,8,16H,7,9H2,(H,20,21). The van der Waals surface area contributed by atoms with E-state index >= 15 is 0 Å². The van der Waals surface area contributed by atoms with Gasteiger partial charge in [-0.05, 0) is 23.8 Å². The van der Waals surface area contributed by atoms with Crippen LogP contribution in [0.2, 0.25) is 0 Å². The van der Waals surface area contributed by atoms with Crippen LogP contribution in [0.1, 0.15) is 11.1 Å². The van der Waals surface area contributed by atoms with Crippen LogP contribution in [0, 0.1) is 5.82 Å². The van der Waals surface area contributed by atoms with Gasteiger partial charge in [0.15, 0.2) is 5.78 Å². The molecule has 5 nitrogen and oxygen atoms in total. The van der Waals surface area contributed by atoms with Gasteiger partial charge in [0.1, 0.15) is 23.9 Å². The lowest BCUT2D eigenvalue weighted by molar-refractivity contribution is -0.150. The van der Waals surface area contributed by atoms with E-state index in [9.17, 15) is 14.0 Å². The van der Waals surface area contributed by atoms with Gasteiger partial charge in [-0.15, -0.1) is 0 Å². The van der Waals surface area contributed by atoms with Crippen LogP contribution < -0.4 is 9.47 Å². The summed E-state index contributed by atoms with van der Waals surface area (Å²) in [7, 11) is 0. The molecule has 1 unspecified atom stereocenters. The van der Waals surface area contributed by atoms with Crippen LogP contribution >= 0.6 is 0 Å². The zero-order valence-electron chi connectivity index (χ0n) is 12.0. The number of hydrogen-bond acceptors (Lipinski definition) is 4. The van der Waals surface area contributed by atoms with E-state index in [1.165, 1.54) is 18.2 Å². The Balaban J connectivity index is 1.75. The van der Waals surface area contributed by atoms with Crippen molar-refractivity contribution in [3.8, 4) is 11.5 Å². The van der Waals surface area contributed by atoms with Crippen LogP contribution in [0.4, 0.5) is 4.39 Å². The van der Waals surface area contributed by atoms with Crippen molar-refractivity contribution in [1.29, 1.82) is 0 Å². The topological polar surface area (TPSA) is 72.8 Å². The van der Waals surface area contributed by atoms with Crippen LogP contribution in [0.3, 0.4) is 0 Å². The molecule has 0 radical (unpaired) electrons. The van der Waals surface area contributed by atoms with Gasteiger partial charge in [-0.3, -0.25) is 4.79 Å². The number of carbonyl (C=O) groups is 2. The van der Waals surface area contributed by atoms with E-state index in [4.69, 9.17) is 14.6 Å². The fourth-order valence-electron chi connectivity index (χ4n) is 2.34. The van der Waals surface area contributed by atoms with E-state index in [1.54, 1.807) is 24.3 Å². The third-order valence-corrected chi connectivity index (χ3v) is 3.46. The molecule has 0 fully saturated rings. The Kier molecular flexibility index (Phi) is 3.97. The van der Waals surface area contributed by atoms with Gasteiger partial charge < -0.3 is 14.6 Å². The first kappa shape index (κ1) is 15.0. The average molecular weight is 316 g/mol. The summed E-state index contributed by atoms with van der Waals surface area (Å²) in [4.78, 5) is 22.6. The molecule has 0 bridgehead atoms. The van der Waals surface area contributed by atoms with Gasteiger partial charge >= 0.3 is 5.97 Å². The Bertz CT molecular complexity index is 771. The maximum Gasteiger partial charge on any atom is 0.352 e. The minimum absolute atomic E-state index is 0.0104. The molecule has 1 aliphatic heterocycles. The highest BCUT2D eigenvalue weighted by atomic mass is 19.1. The zero-order valence-corrected chi connectivity index (χ0v) is 12.0. The van der Waals surface area contributed by atoms with E-state index in [-0.39, 0.29) is 18.8 Å². The first-order valence-corrected chi connectivity index (χ1v) is 6.95. The van der Waals surface area contributed by atoms with E-state index in [1.807, 2.05) is 0 Å². The second-order valence-corrected chi connectivity index (χ2v) is 5.17. The summed E-state index contributed by atoms with van der Waals surface area (Å²) in [6.07, 6.45) is -1.47. The summed E-state index contributed by atoms with van der Waals surface area (Å²) in [6, 6.07) is 10.9. The fraction of sp³-hybridized carbons (Fsp3) is 0.176. The predicted molar refractivity (Wildman–Crippen MR) is 77.9 cm³/mol. The molecule has 0 saturated carbocycles. The lowest BCUT2D eigenvalue weighted by Crippen LogP contribution is -2.39. The molecule has 0 saturated heterocycles. The maximum absolute atomic E-state index is 13.1. The SMILES string of the molecule is O=C(O)C1Oc2cc(OCc3cccc(F)c3)ccc2CC1=O.